The molecule has 0 aromatic heterocycles. The molecule has 0 bridgehead atoms. The zero-order valence-corrected chi connectivity index (χ0v) is 12.7. The molecule has 0 aliphatic carbocycles. The molecule has 0 aliphatic heterocycles. The number of rotatable bonds is 6. The second kappa shape index (κ2) is 6.73. The Morgan fingerprint density at radius 3 is 2.76 bits per heavy atom. The third-order valence-corrected chi connectivity index (χ3v) is 4.23. The molecule has 1 aromatic carbocycles. The van der Waals surface area contributed by atoms with E-state index in [1.54, 1.807) is 0 Å². The van der Waals surface area contributed by atoms with E-state index in [1.807, 2.05) is 18.2 Å². The van der Waals surface area contributed by atoms with E-state index in [1.165, 1.54) is 6.26 Å². The normalized spacial score (nSPS) is 11.7. The van der Waals surface area contributed by atoms with Crippen LogP contribution in [0.5, 0.6) is 0 Å². The first-order valence-electron chi connectivity index (χ1n) is 5.21. The molecule has 0 heterocycles. The first-order valence-corrected chi connectivity index (χ1v) is 8.44. The Balaban J connectivity index is 2.34. The molecule has 1 aromatic rings. The van der Waals surface area contributed by atoms with Gasteiger partial charge >= 0.3 is 0 Å². The topological polar surface area (TPSA) is 46.2 Å². The van der Waals surface area contributed by atoms with Crippen LogP contribution in [0.2, 0.25) is 5.02 Å². The van der Waals surface area contributed by atoms with E-state index < -0.39 is 9.84 Å². The van der Waals surface area contributed by atoms with E-state index in [4.69, 9.17) is 11.6 Å². The highest BCUT2D eigenvalue weighted by atomic mass is 79.9. The van der Waals surface area contributed by atoms with Gasteiger partial charge in [0, 0.05) is 22.3 Å². The number of halogens is 2. The van der Waals surface area contributed by atoms with Crippen molar-refractivity contribution >= 4 is 37.4 Å². The third kappa shape index (κ3) is 6.41. The van der Waals surface area contributed by atoms with Crippen molar-refractivity contribution in [3.63, 3.8) is 0 Å². The van der Waals surface area contributed by atoms with Gasteiger partial charge in [0.1, 0.15) is 9.84 Å². The fraction of sp³-hybridized carbons (Fsp3) is 0.455. The number of benzene rings is 1. The second-order valence-electron chi connectivity index (χ2n) is 3.90. The van der Waals surface area contributed by atoms with Gasteiger partial charge < -0.3 is 5.32 Å². The van der Waals surface area contributed by atoms with Crippen LogP contribution in [-0.4, -0.2) is 27.0 Å². The molecule has 0 atom stereocenters. The van der Waals surface area contributed by atoms with Crippen molar-refractivity contribution in [2.24, 2.45) is 0 Å². The van der Waals surface area contributed by atoms with Crippen molar-refractivity contribution in [1.82, 2.24) is 5.32 Å². The van der Waals surface area contributed by atoms with Crippen molar-refractivity contribution in [3.8, 4) is 0 Å². The third-order valence-electron chi connectivity index (χ3n) is 2.19. The van der Waals surface area contributed by atoms with Gasteiger partial charge in [-0.05, 0) is 36.7 Å². The summed E-state index contributed by atoms with van der Waals surface area (Å²) in [4.78, 5) is 0. The fourth-order valence-electron chi connectivity index (χ4n) is 1.36. The highest BCUT2D eigenvalue weighted by Gasteiger charge is 2.02. The molecule has 1 N–H and O–H groups in total. The molecule has 0 saturated heterocycles. The van der Waals surface area contributed by atoms with Crippen LogP contribution in [0, 0.1) is 0 Å². The van der Waals surface area contributed by atoms with Gasteiger partial charge in [-0.15, -0.1) is 0 Å². The highest BCUT2D eigenvalue weighted by molar-refractivity contribution is 9.10. The summed E-state index contributed by atoms with van der Waals surface area (Å²) < 4.78 is 22.8. The van der Waals surface area contributed by atoms with Gasteiger partial charge in [-0.2, -0.15) is 0 Å². The van der Waals surface area contributed by atoms with E-state index in [9.17, 15) is 8.42 Å². The molecule has 0 aliphatic rings. The van der Waals surface area contributed by atoms with Gasteiger partial charge in [0.2, 0.25) is 0 Å². The number of sulfone groups is 1. The maximum atomic E-state index is 10.9. The molecule has 0 unspecified atom stereocenters. The Morgan fingerprint density at radius 1 is 1.41 bits per heavy atom. The van der Waals surface area contributed by atoms with Gasteiger partial charge in [0.25, 0.3) is 0 Å². The SMILES string of the molecule is CS(=O)(=O)CCCNCc1cc(Cl)ccc1Br. The molecule has 1 rings (SSSR count). The van der Waals surface area contributed by atoms with Crippen molar-refractivity contribution in [2.45, 2.75) is 13.0 Å². The van der Waals surface area contributed by atoms with Gasteiger partial charge in [-0.1, -0.05) is 27.5 Å². The number of nitrogens with one attached hydrogen (secondary N) is 1. The molecule has 3 nitrogen and oxygen atoms in total. The van der Waals surface area contributed by atoms with E-state index in [-0.39, 0.29) is 5.75 Å². The van der Waals surface area contributed by atoms with Crippen LogP contribution in [0.15, 0.2) is 22.7 Å². The lowest BCUT2D eigenvalue weighted by Gasteiger charge is -2.07. The Bertz CT molecular complexity index is 476. The Kier molecular flexibility index (Phi) is 5.92. The molecule has 96 valence electrons. The average Bonchev–Trinajstić information content (AvgIpc) is 2.21. The maximum absolute atomic E-state index is 10.9. The minimum absolute atomic E-state index is 0.219. The maximum Gasteiger partial charge on any atom is 0.147 e. The summed E-state index contributed by atoms with van der Waals surface area (Å²) in [6.45, 7) is 1.34. The summed E-state index contributed by atoms with van der Waals surface area (Å²) in [5.74, 6) is 0.219. The fourth-order valence-corrected chi connectivity index (χ4v) is 2.61. The van der Waals surface area contributed by atoms with Gasteiger partial charge in [-0.3, -0.25) is 0 Å². The van der Waals surface area contributed by atoms with Crippen molar-refractivity contribution in [2.75, 3.05) is 18.6 Å². The predicted molar refractivity (Wildman–Crippen MR) is 75.2 cm³/mol. The van der Waals surface area contributed by atoms with Gasteiger partial charge in [0.05, 0.1) is 5.75 Å². The molecule has 0 radical (unpaired) electrons. The second-order valence-corrected chi connectivity index (χ2v) is 7.45. The lowest BCUT2D eigenvalue weighted by atomic mass is 10.2. The molecule has 17 heavy (non-hydrogen) atoms. The zero-order chi connectivity index (χ0) is 12.9. The largest absolute Gasteiger partial charge is 0.313 e. The first kappa shape index (κ1) is 15.0. The summed E-state index contributed by atoms with van der Waals surface area (Å²) in [5, 5.41) is 3.88. The lowest BCUT2D eigenvalue weighted by Crippen LogP contribution is -2.18. The standard InChI is InChI=1S/C11H15BrClNO2S/c1-17(15,16)6-2-5-14-8-9-7-10(13)3-4-11(9)12/h3-4,7,14H,2,5-6,8H2,1H3. The van der Waals surface area contributed by atoms with Crippen molar-refractivity contribution in [1.29, 1.82) is 0 Å². The van der Waals surface area contributed by atoms with Crippen LogP contribution in [0.25, 0.3) is 0 Å². The molecular formula is C11H15BrClNO2S. The van der Waals surface area contributed by atoms with Crippen LogP contribution >= 0.6 is 27.5 Å². The lowest BCUT2D eigenvalue weighted by molar-refractivity contribution is 0.594. The van der Waals surface area contributed by atoms with E-state index in [2.05, 4.69) is 21.2 Å². The molecule has 0 saturated carbocycles. The van der Waals surface area contributed by atoms with Crippen LogP contribution in [0.3, 0.4) is 0 Å². The van der Waals surface area contributed by atoms with Crippen LogP contribution in [0.1, 0.15) is 12.0 Å². The van der Waals surface area contributed by atoms with E-state index in [0.717, 1.165) is 10.0 Å². The summed E-state index contributed by atoms with van der Waals surface area (Å²) in [6, 6.07) is 5.60. The number of hydrogen-bond donors (Lipinski definition) is 1. The first-order chi connectivity index (χ1) is 7.88. The summed E-state index contributed by atoms with van der Waals surface area (Å²) >= 11 is 9.33. The minimum Gasteiger partial charge on any atom is -0.313 e. The zero-order valence-electron chi connectivity index (χ0n) is 9.54. The molecule has 0 spiro atoms. The summed E-state index contributed by atoms with van der Waals surface area (Å²) in [7, 11) is -2.85. The molecular weight excluding hydrogens is 326 g/mol. The molecule has 6 heteroatoms. The smallest absolute Gasteiger partial charge is 0.147 e. The van der Waals surface area contributed by atoms with Crippen molar-refractivity contribution < 1.29 is 8.42 Å². The van der Waals surface area contributed by atoms with E-state index >= 15 is 0 Å². The Morgan fingerprint density at radius 2 is 2.12 bits per heavy atom. The molecule has 0 amide bonds. The summed E-state index contributed by atoms with van der Waals surface area (Å²) in [5.41, 5.74) is 1.07. The number of hydrogen-bond acceptors (Lipinski definition) is 3. The summed E-state index contributed by atoms with van der Waals surface area (Å²) in [6.07, 6.45) is 1.87. The highest BCUT2D eigenvalue weighted by Crippen LogP contribution is 2.20. The average molecular weight is 341 g/mol. The van der Waals surface area contributed by atoms with Crippen molar-refractivity contribution in [3.05, 3.63) is 33.3 Å². The van der Waals surface area contributed by atoms with E-state index in [0.29, 0.717) is 24.5 Å². The Hall–Kier alpha value is -0.100. The van der Waals surface area contributed by atoms with Crippen LogP contribution < -0.4 is 5.32 Å². The monoisotopic (exact) mass is 339 g/mol. The Labute approximate surface area is 116 Å². The van der Waals surface area contributed by atoms with Crippen LogP contribution in [-0.2, 0) is 16.4 Å². The van der Waals surface area contributed by atoms with Gasteiger partial charge in [0.15, 0.2) is 0 Å². The molecule has 0 fully saturated rings. The van der Waals surface area contributed by atoms with Gasteiger partial charge in [-0.25, -0.2) is 8.42 Å². The minimum atomic E-state index is -2.85. The van der Waals surface area contributed by atoms with Crippen LogP contribution in [0.4, 0.5) is 0 Å². The predicted octanol–water partition coefficient (Wildman–Crippen LogP) is 2.63. The quantitative estimate of drug-likeness (QED) is 0.810.